The summed E-state index contributed by atoms with van der Waals surface area (Å²) in [6.07, 6.45) is -0.0777. The molecule has 0 unspecified atom stereocenters. The minimum atomic E-state index is -4.38. The second-order valence-corrected chi connectivity index (χ2v) is 2.54. The third-order valence-corrected chi connectivity index (χ3v) is 1.50. The predicted octanol–water partition coefficient (Wildman–Crippen LogP) is 3.05. The summed E-state index contributed by atoms with van der Waals surface area (Å²) in [6.45, 7) is 1.70. The molecule has 0 radical (unpaired) electrons. The summed E-state index contributed by atoms with van der Waals surface area (Å²) in [6, 6.07) is 2.24. The molecule has 0 saturated carbocycles. The molecule has 1 aromatic heterocycles. The SMILES string of the molecule is C/C=C/Nc1ncccc1C(F)(F)F. The molecule has 0 saturated heterocycles. The molecule has 0 bridgehead atoms. The van der Waals surface area contributed by atoms with Gasteiger partial charge in [0.25, 0.3) is 0 Å². The zero-order chi connectivity index (χ0) is 10.6. The number of allylic oxidation sites excluding steroid dienone is 1. The number of anilines is 1. The van der Waals surface area contributed by atoms with Gasteiger partial charge in [-0.15, -0.1) is 0 Å². The molecule has 2 nitrogen and oxygen atoms in total. The van der Waals surface area contributed by atoms with Crippen LogP contribution in [0.15, 0.2) is 30.6 Å². The normalized spacial score (nSPS) is 12.0. The first-order valence-corrected chi connectivity index (χ1v) is 3.95. The van der Waals surface area contributed by atoms with Gasteiger partial charge >= 0.3 is 6.18 Å². The Kier molecular flexibility index (Phi) is 3.11. The number of hydrogen-bond acceptors (Lipinski definition) is 2. The number of alkyl halides is 3. The van der Waals surface area contributed by atoms with Crippen LogP contribution in [0.4, 0.5) is 19.0 Å². The van der Waals surface area contributed by atoms with Crippen molar-refractivity contribution in [3.05, 3.63) is 36.2 Å². The van der Waals surface area contributed by atoms with Gasteiger partial charge in [-0.05, 0) is 25.3 Å². The summed E-state index contributed by atoms with van der Waals surface area (Å²) in [4.78, 5) is 3.60. The van der Waals surface area contributed by atoms with Crippen molar-refractivity contribution in [2.24, 2.45) is 0 Å². The van der Waals surface area contributed by atoms with Crippen LogP contribution in [0.25, 0.3) is 0 Å². The molecular formula is C9H9F3N2. The van der Waals surface area contributed by atoms with Crippen molar-refractivity contribution < 1.29 is 13.2 Å². The number of rotatable bonds is 2. The Bertz CT molecular complexity index is 331. The molecule has 0 aliphatic heterocycles. The Labute approximate surface area is 79.5 Å². The van der Waals surface area contributed by atoms with Crippen LogP contribution >= 0.6 is 0 Å². The molecule has 0 amide bonds. The first kappa shape index (κ1) is 10.6. The van der Waals surface area contributed by atoms with Crippen molar-refractivity contribution in [2.75, 3.05) is 5.32 Å². The number of hydrogen-bond donors (Lipinski definition) is 1. The van der Waals surface area contributed by atoms with E-state index < -0.39 is 11.7 Å². The quantitative estimate of drug-likeness (QED) is 0.797. The van der Waals surface area contributed by atoms with E-state index in [0.29, 0.717) is 0 Å². The molecule has 0 atom stereocenters. The maximum atomic E-state index is 12.4. The van der Waals surface area contributed by atoms with Gasteiger partial charge in [-0.1, -0.05) is 6.08 Å². The average molecular weight is 202 g/mol. The standard InChI is InChI=1S/C9H9F3N2/c1-2-5-13-8-7(9(10,11)12)4-3-6-14-8/h2-6H,1H3,(H,13,14)/b5-2+. The summed E-state index contributed by atoms with van der Waals surface area (Å²) in [7, 11) is 0. The number of halogens is 3. The van der Waals surface area contributed by atoms with E-state index in [1.807, 2.05) is 0 Å². The molecular weight excluding hydrogens is 193 g/mol. The van der Waals surface area contributed by atoms with Crippen LogP contribution < -0.4 is 5.32 Å². The Hall–Kier alpha value is -1.52. The molecule has 76 valence electrons. The zero-order valence-corrected chi connectivity index (χ0v) is 7.47. The third kappa shape index (κ3) is 2.48. The fourth-order valence-electron chi connectivity index (χ4n) is 0.911. The second-order valence-electron chi connectivity index (χ2n) is 2.54. The lowest BCUT2D eigenvalue weighted by Crippen LogP contribution is -2.09. The first-order chi connectivity index (χ1) is 6.55. The fraction of sp³-hybridized carbons (Fsp3) is 0.222. The highest BCUT2D eigenvalue weighted by Gasteiger charge is 2.33. The Morgan fingerprint density at radius 1 is 1.43 bits per heavy atom. The number of nitrogens with one attached hydrogen (secondary N) is 1. The van der Waals surface area contributed by atoms with Gasteiger partial charge in [-0.25, -0.2) is 4.98 Å². The van der Waals surface area contributed by atoms with E-state index in [1.165, 1.54) is 18.5 Å². The van der Waals surface area contributed by atoms with Crippen LogP contribution in [0.5, 0.6) is 0 Å². The van der Waals surface area contributed by atoms with E-state index >= 15 is 0 Å². The highest BCUT2D eigenvalue weighted by atomic mass is 19.4. The van der Waals surface area contributed by atoms with Gasteiger partial charge in [0, 0.05) is 6.20 Å². The van der Waals surface area contributed by atoms with Crippen molar-refractivity contribution in [1.29, 1.82) is 0 Å². The molecule has 14 heavy (non-hydrogen) atoms. The topological polar surface area (TPSA) is 24.9 Å². The maximum absolute atomic E-state index is 12.4. The molecule has 0 spiro atoms. The summed E-state index contributed by atoms with van der Waals surface area (Å²) < 4.78 is 37.1. The highest BCUT2D eigenvalue weighted by Crippen LogP contribution is 2.33. The molecule has 1 heterocycles. The molecule has 1 rings (SSSR count). The lowest BCUT2D eigenvalue weighted by Gasteiger charge is -2.10. The van der Waals surface area contributed by atoms with Crippen LogP contribution in [0.2, 0.25) is 0 Å². The van der Waals surface area contributed by atoms with Gasteiger partial charge in [0.2, 0.25) is 0 Å². The Morgan fingerprint density at radius 3 is 2.71 bits per heavy atom. The van der Waals surface area contributed by atoms with Crippen LogP contribution in [0.3, 0.4) is 0 Å². The average Bonchev–Trinajstić information content (AvgIpc) is 2.14. The smallest absolute Gasteiger partial charge is 0.347 e. The molecule has 0 aliphatic carbocycles. The Balaban J connectivity index is 3.03. The molecule has 1 aromatic rings. The van der Waals surface area contributed by atoms with E-state index in [2.05, 4.69) is 10.3 Å². The van der Waals surface area contributed by atoms with Gasteiger partial charge in [-0.2, -0.15) is 13.2 Å². The van der Waals surface area contributed by atoms with E-state index in [-0.39, 0.29) is 5.82 Å². The summed E-state index contributed by atoms with van der Waals surface area (Å²) in [5.74, 6) is -0.182. The Morgan fingerprint density at radius 2 is 2.14 bits per heavy atom. The van der Waals surface area contributed by atoms with Crippen LogP contribution in [0, 0.1) is 0 Å². The van der Waals surface area contributed by atoms with Gasteiger partial charge < -0.3 is 5.32 Å². The van der Waals surface area contributed by atoms with E-state index in [0.717, 1.165) is 6.07 Å². The predicted molar refractivity (Wildman–Crippen MR) is 47.7 cm³/mol. The van der Waals surface area contributed by atoms with E-state index in [1.54, 1.807) is 13.0 Å². The number of nitrogens with zero attached hydrogens (tertiary/aromatic N) is 1. The second kappa shape index (κ2) is 4.13. The van der Waals surface area contributed by atoms with Crippen LogP contribution in [-0.2, 0) is 6.18 Å². The number of aromatic nitrogens is 1. The van der Waals surface area contributed by atoms with E-state index in [4.69, 9.17) is 0 Å². The van der Waals surface area contributed by atoms with E-state index in [9.17, 15) is 13.2 Å². The number of pyridine rings is 1. The van der Waals surface area contributed by atoms with Crippen LogP contribution in [-0.4, -0.2) is 4.98 Å². The van der Waals surface area contributed by atoms with Gasteiger partial charge in [0.05, 0.1) is 5.56 Å². The minimum Gasteiger partial charge on any atom is -0.347 e. The summed E-state index contributed by atoms with van der Waals surface area (Å²) >= 11 is 0. The lowest BCUT2D eigenvalue weighted by molar-refractivity contribution is -0.137. The van der Waals surface area contributed by atoms with Crippen molar-refractivity contribution in [1.82, 2.24) is 4.98 Å². The highest BCUT2D eigenvalue weighted by molar-refractivity contribution is 5.47. The largest absolute Gasteiger partial charge is 0.419 e. The monoisotopic (exact) mass is 202 g/mol. The maximum Gasteiger partial charge on any atom is 0.419 e. The van der Waals surface area contributed by atoms with Gasteiger partial charge in [0.1, 0.15) is 5.82 Å². The lowest BCUT2D eigenvalue weighted by atomic mass is 10.2. The van der Waals surface area contributed by atoms with Crippen LogP contribution in [0.1, 0.15) is 12.5 Å². The zero-order valence-electron chi connectivity index (χ0n) is 7.47. The van der Waals surface area contributed by atoms with Crippen molar-refractivity contribution in [2.45, 2.75) is 13.1 Å². The fourth-order valence-corrected chi connectivity index (χ4v) is 0.911. The molecule has 0 aromatic carbocycles. The third-order valence-electron chi connectivity index (χ3n) is 1.50. The van der Waals surface area contributed by atoms with Gasteiger partial charge in [0.15, 0.2) is 0 Å². The van der Waals surface area contributed by atoms with Crippen molar-refractivity contribution >= 4 is 5.82 Å². The first-order valence-electron chi connectivity index (χ1n) is 3.95. The minimum absolute atomic E-state index is 0.182. The molecule has 1 N–H and O–H groups in total. The van der Waals surface area contributed by atoms with Crippen molar-refractivity contribution in [3.63, 3.8) is 0 Å². The van der Waals surface area contributed by atoms with Crippen molar-refractivity contribution in [3.8, 4) is 0 Å². The molecule has 5 heteroatoms. The van der Waals surface area contributed by atoms with Gasteiger partial charge in [-0.3, -0.25) is 0 Å². The summed E-state index contributed by atoms with van der Waals surface area (Å²) in [5, 5.41) is 2.46. The molecule has 0 aliphatic rings. The molecule has 0 fully saturated rings. The summed E-state index contributed by atoms with van der Waals surface area (Å²) in [5.41, 5.74) is -0.766.